The van der Waals surface area contributed by atoms with E-state index in [1.807, 2.05) is 79.4 Å². The molecule has 4 heteroatoms. The molecule has 2 rings (SSSR count). The van der Waals surface area contributed by atoms with Crippen LogP contribution in [0.25, 0.3) is 0 Å². The first-order valence-corrected chi connectivity index (χ1v) is 8.67. The predicted octanol–water partition coefficient (Wildman–Crippen LogP) is 5.91. The number of nitrogens with zero attached hydrogens (tertiary/aromatic N) is 1. The minimum Gasteiger partial charge on any atom is -0.291 e. The summed E-state index contributed by atoms with van der Waals surface area (Å²) < 4.78 is 40.4. The summed E-state index contributed by atoms with van der Waals surface area (Å²) in [6, 6.07) is 18.8. The molecule has 2 aromatic carbocycles. The van der Waals surface area contributed by atoms with E-state index in [1.54, 1.807) is 0 Å². The van der Waals surface area contributed by atoms with Gasteiger partial charge in [0.15, 0.2) is 0 Å². The van der Waals surface area contributed by atoms with Crippen LogP contribution in [-0.2, 0) is 13.1 Å². The summed E-state index contributed by atoms with van der Waals surface area (Å²) in [5.74, 6) is -1.50. The number of benzene rings is 2. The maximum absolute atomic E-state index is 13.5. The molecule has 1 nitrogen and oxygen atoms in total. The zero-order valence-corrected chi connectivity index (χ0v) is 15.0. The maximum atomic E-state index is 13.5. The van der Waals surface area contributed by atoms with Crippen LogP contribution in [-0.4, -0.2) is 17.1 Å². The summed E-state index contributed by atoms with van der Waals surface area (Å²) in [7, 11) is 0. The molecule has 0 radical (unpaired) electrons. The lowest BCUT2D eigenvalue weighted by molar-refractivity contribution is -0.192. The van der Waals surface area contributed by atoms with Gasteiger partial charge in [0.2, 0.25) is 0 Å². The second kappa shape index (κ2) is 8.52. The maximum Gasteiger partial charge on any atom is 0.393 e. The molecule has 0 aliphatic carbocycles. The van der Waals surface area contributed by atoms with Gasteiger partial charge in [0.25, 0.3) is 0 Å². The monoisotopic (exact) mass is 349 g/mol. The molecular weight excluding hydrogens is 323 g/mol. The minimum atomic E-state index is -4.21. The molecule has 0 aliphatic rings. The molecule has 136 valence electrons. The Morgan fingerprint density at radius 2 is 1.16 bits per heavy atom. The first-order valence-electron chi connectivity index (χ1n) is 8.67. The fourth-order valence-corrected chi connectivity index (χ4v) is 3.41. The van der Waals surface area contributed by atoms with Crippen LogP contribution in [0.3, 0.4) is 0 Å². The van der Waals surface area contributed by atoms with E-state index in [9.17, 15) is 13.2 Å². The quantitative estimate of drug-likeness (QED) is 0.600. The Hall–Kier alpha value is -1.81. The minimum absolute atomic E-state index is 0.107. The van der Waals surface area contributed by atoms with Gasteiger partial charge in [-0.25, -0.2) is 0 Å². The van der Waals surface area contributed by atoms with E-state index < -0.39 is 18.1 Å². The molecule has 0 spiro atoms. The molecule has 0 fully saturated rings. The van der Waals surface area contributed by atoms with E-state index in [2.05, 4.69) is 0 Å². The molecule has 0 saturated carbocycles. The van der Waals surface area contributed by atoms with E-state index in [-0.39, 0.29) is 5.92 Å². The Morgan fingerprint density at radius 1 is 0.760 bits per heavy atom. The lowest BCUT2D eigenvalue weighted by Crippen LogP contribution is -2.47. The van der Waals surface area contributed by atoms with Gasteiger partial charge in [0.1, 0.15) is 0 Å². The van der Waals surface area contributed by atoms with Crippen molar-refractivity contribution in [2.45, 2.75) is 46.1 Å². The van der Waals surface area contributed by atoms with Gasteiger partial charge >= 0.3 is 6.18 Å². The smallest absolute Gasteiger partial charge is 0.291 e. The molecule has 0 N–H and O–H groups in total. The third-order valence-corrected chi connectivity index (χ3v) is 4.59. The third kappa shape index (κ3) is 5.60. The number of halogens is 3. The highest BCUT2D eigenvalue weighted by Crippen LogP contribution is 2.35. The van der Waals surface area contributed by atoms with Crippen molar-refractivity contribution in [1.29, 1.82) is 0 Å². The molecule has 0 aromatic heterocycles. The topological polar surface area (TPSA) is 3.24 Å². The lowest BCUT2D eigenvalue weighted by Gasteiger charge is -2.39. The van der Waals surface area contributed by atoms with Crippen molar-refractivity contribution in [2.24, 2.45) is 11.8 Å². The summed E-state index contributed by atoms with van der Waals surface area (Å²) in [6.45, 7) is 6.04. The number of hydrogen-bond acceptors (Lipinski definition) is 1. The van der Waals surface area contributed by atoms with Crippen LogP contribution in [0, 0.1) is 11.8 Å². The van der Waals surface area contributed by atoms with Crippen molar-refractivity contribution < 1.29 is 13.2 Å². The van der Waals surface area contributed by atoms with Gasteiger partial charge in [-0.1, -0.05) is 81.4 Å². The van der Waals surface area contributed by atoms with Crippen molar-refractivity contribution in [1.82, 2.24) is 4.90 Å². The van der Waals surface area contributed by atoms with Crippen LogP contribution in [0.15, 0.2) is 60.7 Å². The average molecular weight is 349 g/mol. The van der Waals surface area contributed by atoms with Gasteiger partial charge in [-0.3, -0.25) is 4.90 Å². The first kappa shape index (κ1) is 19.5. The van der Waals surface area contributed by atoms with E-state index in [0.717, 1.165) is 11.1 Å². The number of alkyl halides is 3. The first-order chi connectivity index (χ1) is 11.8. The number of hydrogen-bond donors (Lipinski definition) is 0. The highest BCUT2D eigenvalue weighted by Gasteiger charge is 2.44. The van der Waals surface area contributed by atoms with Crippen LogP contribution in [0.5, 0.6) is 0 Å². The van der Waals surface area contributed by atoms with Crippen molar-refractivity contribution in [3.63, 3.8) is 0 Å². The van der Waals surface area contributed by atoms with Gasteiger partial charge in [-0.05, 0) is 17.0 Å². The van der Waals surface area contributed by atoms with Crippen molar-refractivity contribution >= 4 is 0 Å². The van der Waals surface area contributed by atoms with E-state index in [4.69, 9.17) is 0 Å². The van der Waals surface area contributed by atoms with Gasteiger partial charge in [0.05, 0.1) is 5.92 Å². The number of rotatable bonds is 7. The molecule has 0 amide bonds. The molecule has 2 atom stereocenters. The summed E-state index contributed by atoms with van der Waals surface area (Å²) in [5, 5.41) is 0. The van der Waals surface area contributed by atoms with Crippen LogP contribution in [0.2, 0.25) is 0 Å². The Balaban J connectivity index is 2.33. The lowest BCUT2D eigenvalue weighted by atomic mass is 9.89. The second-order valence-electron chi connectivity index (χ2n) is 6.94. The molecule has 0 aliphatic heterocycles. The molecule has 0 saturated heterocycles. The molecular formula is C21H26F3N. The molecule has 0 bridgehead atoms. The van der Waals surface area contributed by atoms with E-state index in [0.29, 0.717) is 13.1 Å². The van der Waals surface area contributed by atoms with E-state index >= 15 is 0 Å². The zero-order chi connectivity index (χ0) is 18.4. The Kier molecular flexibility index (Phi) is 6.65. The van der Waals surface area contributed by atoms with Crippen LogP contribution in [0.4, 0.5) is 13.2 Å². The van der Waals surface area contributed by atoms with E-state index in [1.165, 1.54) is 6.92 Å². The Labute approximate surface area is 148 Å². The third-order valence-electron chi connectivity index (χ3n) is 4.59. The summed E-state index contributed by atoms with van der Waals surface area (Å²) >= 11 is 0. The molecule has 0 unspecified atom stereocenters. The second-order valence-corrected chi connectivity index (χ2v) is 6.94. The highest BCUT2D eigenvalue weighted by atomic mass is 19.4. The highest BCUT2D eigenvalue weighted by molar-refractivity contribution is 5.17. The fraction of sp³-hybridized carbons (Fsp3) is 0.429. The molecule has 2 aromatic rings. The van der Waals surface area contributed by atoms with Crippen LogP contribution in [0.1, 0.15) is 31.9 Å². The Morgan fingerprint density at radius 3 is 1.48 bits per heavy atom. The molecule has 0 heterocycles. The largest absolute Gasteiger partial charge is 0.393 e. The van der Waals surface area contributed by atoms with Gasteiger partial charge in [-0.2, -0.15) is 13.2 Å². The van der Waals surface area contributed by atoms with Crippen molar-refractivity contribution in [3.8, 4) is 0 Å². The van der Waals surface area contributed by atoms with Crippen LogP contribution >= 0.6 is 0 Å². The van der Waals surface area contributed by atoms with Crippen molar-refractivity contribution in [3.05, 3.63) is 71.8 Å². The SMILES string of the molecule is CC(C)[C@@H]([C@H](C)C(F)(F)F)N(Cc1ccccc1)Cc1ccccc1. The zero-order valence-electron chi connectivity index (χ0n) is 15.0. The van der Waals surface area contributed by atoms with Gasteiger partial charge < -0.3 is 0 Å². The van der Waals surface area contributed by atoms with Crippen LogP contribution < -0.4 is 0 Å². The van der Waals surface area contributed by atoms with Gasteiger partial charge in [0, 0.05) is 19.1 Å². The summed E-state index contributed by atoms with van der Waals surface area (Å²) in [5.41, 5.74) is 2.05. The summed E-state index contributed by atoms with van der Waals surface area (Å²) in [4.78, 5) is 1.97. The normalized spacial score (nSPS) is 14.7. The van der Waals surface area contributed by atoms with Gasteiger partial charge in [-0.15, -0.1) is 0 Å². The standard InChI is InChI=1S/C21H26F3N/c1-16(2)20(17(3)21(22,23)24)25(14-18-10-6-4-7-11-18)15-19-12-8-5-9-13-19/h4-13,16-17,20H,14-15H2,1-3H3/t17-,20-/m0/s1. The Bertz CT molecular complexity index is 581. The average Bonchev–Trinajstić information content (AvgIpc) is 2.55. The van der Waals surface area contributed by atoms with Crippen molar-refractivity contribution in [2.75, 3.05) is 0 Å². The predicted molar refractivity (Wildman–Crippen MR) is 96.0 cm³/mol. The fourth-order valence-electron chi connectivity index (χ4n) is 3.41. The summed E-state index contributed by atoms with van der Waals surface area (Å²) in [6.07, 6.45) is -4.21. The molecule has 25 heavy (non-hydrogen) atoms.